The quantitative estimate of drug-likeness (QED) is 0.664. The fraction of sp³-hybridized carbons (Fsp3) is 0.217. The number of hydrogen-bond donors (Lipinski definition) is 0. The van der Waals surface area contributed by atoms with Crippen molar-refractivity contribution in [3.8, 4) is 0 Å². The molecule has 3 aromatic carbocycles. The maximum atomic E-state index is 12.8. The van der Waals surface area contributed by atoms with Gasteiger partial charge >= 0.3 is 5.97 Å². The third-order valence-corrected chi connectivity index (χ3v) is 5.02. The second-order valence-electron chi connectivity index (χ2n) is 6.82. The zero-order valence-electron chi connectivity index (χ0n) is 15.2. The van der Waals surface area contributed by atoms with E-state index in [1.165, 1.54) is 0 Å². The van der Waals surface area contributed by atoms with Crippen molar-refractivity contribution in [2.45, 2.75) is 25.9 Å². The van der Waals surface area contributed by atoms with Crippen LogP contribution in [0, 0.1) is 0 Å². The average Bonchev–Trinajstić information content (AvgIpc) is 3.11. The van der Waals surface area contributed by atoms with Gasteiger partial charge in [0.25, 0.3) is 5.91 Å². The number of benzene rings is 3. The molecule has 0 aliphatic carbocycles. The van der Waals surface area contributed by atoms with Gasteiger partial charge in [0.1, 0.15) is 0 Å². The van der Waals surface area contributed by atoms with Gasteiger partial charge in [-0.05, 0) is 41.3 Å². The summed E-state index contributed by atoms with van der Waals surface area (Å²) in [5, 5.41) is 2.12. The summed E-state index contributed by atoms with van der Waals surface area (Å²) in [6.07, 6.45) is 0.173. The second-order valence-corrected chi connectivity index (χ2v) is 6.82. The molecule has 0 N–H and O–H groups in total. The molecule has 1 aliphatic heterocycles. The van der Waals surface area contributed by atoms with Crippen molar-refractivity contribution in [1.29, 1.82) is 0 Å². The van der Waals surface area contributed by atoms with Crippen molar-refractivity contribution in [2.24, 2.45) is 0 Å². The van der Waals surface area contributed by atoms with Crippen molar-refractivity contribution in [2.75, 3.05) is 11.4 Å². The van der Waals surface area contributed by atoms with E-state index in [0.29, 0.717) is 6.54 Å². The molecule has 0 saturated carbocycles. The molecule has 4 rings (SSSR count). The zero-order valence-corrected chi connectivity index (χ0v) is 15.2. The first-order chi connectivity index (χ1) is 13.1. The van der Waals surface area contributed by atoms with Crippen molar-refractivity contribution >= 4 is 28.3 Å². The molecule has 27 heavy (non-hydrogen) atoms. The third-order valence-electron chi connectivity index (χ3n) is 5.02. The van der Waals surface area contributed by atoms with Crippen LogP contribution in [0.1, 0.15) is 18.1 Å². The minimum Gasteiger partial charge on any atom is -0.452 e. The van der Waals surface area contributed by atoms with Crippen LogP contribution in [0.25, 0.3) is 10.8 Å². The minimum atomic E-state index is -0.807. The molecule has 0 aromatic heterocycles. The Kier molecular flexibility index (Phi) is 4.63. The maximum Gasteiger partial charge on any atom is 0.311 e. The van der Waals surface area contributed by atoms with E-state index < -0.39 is 6.10 Å². The number of para-hydroxylation sites is 1. The molecule has 0 unspecified atom stereocenters. The highest BCUT2D eigenvalue weighted by molar-refractivity contribution is 5.99. The average molecular weight is 359 g/mol. The fourth-order valence-electron chi connectivity index (χ4n) is 3.68. The highest BCUT2D eigenvalue weighted by Gasteiger charge is 2.29. The Morgan fingerprint density at radius 3 is 2.63 bits per heavy atom. The van der Waals surface area contributed by atoms with Crippen LogP contribution in [0.5, 0.6) is 0 Å². The van der Waals surface area contributed by atoms with E-state index in [4.69, 9.17) is 4.74 Å². The van der Waals surface area contributed by atoms with Gasteiger partial charge in [-0.1, -0.05) is 60.7 Å². The predicted molar refractivity (Wildman–Crippen MR) is 106 cm³/mol. The van der Waals surface area contributed by atoms with Crippen molar-refractivity contribution in [3.63, 3.8) is 0 Å². The lowest BCUT2D eigenvalue weighted by Crippen LogP contribution is -2.39. The monoisotopic (exact) mass is 359 g/mol. The molecule has 0 fully saturated rings. The van der Waals surface area contributed by atoms with Crippen LogP contribution in [0.2, 0.25) is 0 Å². The fourth-order valence-corrected chi connectivity index (χ4v) is 3.68. The van der Waals surface area contributed by atoms with Gasteiger partial charge in [0.15, 0.2) is 6.10 Å². The van der Waals surface area contributed by atoms with Gasteiger partial charge in [-0.2, -0.15) is 0 Å². The van der Waals surface area contributed by atoms with E-state index in [0.717, 1.165) is 34.0 Å². The molecule has 0 spiro atoms. The number of hydrogen-bond acceptors (Lipinski definition) is 3. The van der Waals surface area contributed by atoms with Gasteiger partial charge in [-0.15, -0.1) is 0 Å². The second kappa shape index (κ2) is 7.23. The number of carbonyl (C=O) groups excluding carboxylic acids is 2. The van der Waals surface area contributed by atoms with Crippen molar-refractivity contribution in [3.05, 3.63) is 77.9 Å². The van der Waals surface area contributed by atoms with Gasteiger partial charge in [-0.3, -0.25) is 9.59 Å². The molecule has 3 aromatic rings. The molecule has 0 bridgehead atoms. The number of nitrogens with zero attached hydrogens (tertiary/aromatic N) is 1. The van der Waals surface area contributed by atoms with Gasteiger partial charge in [0, 0.05) is 12.2 Å². The summed E-state index contributed by atoms with van der Waals surface area (Å²) in [6, 6.07) is 21.7. The lowest BCUT2D eigenvalue weighted by atomic mass is 10.0. The lowest BCUT2D eigenvalue weighted by molar-refractivity contribution is -0.153. The normalized spacial score (nSPS) is 14.0. The van der Waals surface area contributed by atoms with Crippen LogP contribution in [0.3, 0.4) is 0 Å². The summed E-state index contributed by atoms with van der Waals surface area (Å²) in [7, 11) is 0. The molecule has 1 atom stereocenters. The van der Waals surface area contributed by atoms with Crippen molar-refractivity contribution in [1.82, 2.24) is 0 Å². The molecular formula is C23H21NO3. The molecule has 0 saturated heterocycles. The Hall–Kier alpha value is -3.14. The van der Waals surface area contributed by atoms with Gasteiger partial charge in [0.05, 0.1) is 6.42 Å². The standard InChI is InChI=1S/C23H21NO3/c1-16(23(26)24-14-13-18-8-3-5-12-21(18)24)27-22(25)15-19-10-6-9-17-7-2-4-11-20(17)19/h2-12,16H,13-15H2,1H3/t16-/m0/s1. The Bertz CT molecular complexity index is 1010. The number of anilines is 1. The first-order valence-electron chi connectivity index (χ1n) is 9.19. The van der Waals surface area contributed by atoms with E-state index in [-0.39, 0.29) is 18.3 Å². The Morgan fingerprint density at radius 1 is 1.00 bits per heavy atom. The first kappa shape index (κ1) is 17.3. The van der Waals surface area contributed by atoms with E-state index in [9.17, 15) is 9.59 Å². The molecule has 4 nitrogen and oxygen atoms in total. The predicted octanol–water partition coefficient (Wildman–Crippen LogP) is 3.90. The summed E-state index contributed by atoms with van der Waals surface area (Å²) in [4.78, 5) is 26.9. The number of carbonyl (C=O) groups is 2. The van der Waals surface area contributed by atoms with Gasteiger partial charge < -0.3 is 9.64 Å². The van der Waals surface area contributed by atoms with Crippen LogP contribution < -0.4 is 4.90 Å². The van der Waals surface area contributed by atoms with E-state index in [2.05, 4.69) is 0 Å². The number of ether oxygens (including phenoxy) is 1. The largest absolute Gasteiger partial charge is 0.452 e. The first-order valence-corrected chi connectivity index (χ1v) is 9.19. The highest BCUT2D eigenvalue weighted by Crippen LogP contribution is 2.28. The van der Waals surface area contributed by atoms with Gasteiger partial charge in [0.2, 0.25) is 0 Å². The summed E-state index contributed by atoms with van der Waals surface area (Å²) < 4.78 is 5.46. The molecule has 1 heterocycles. The topological polar surface area (TPSA) is 46.6 Å². The van der Waals surface area contributed by atoms with Crippen molar-refractivity contribution < 1.29 is 14.3 Å². The molecule has 1 amide bonds. The summed E-state index contributed by atoms with van der Waals surface area (Å²) >= 11 is 0. The Labute approximate surface area is 158 Å². The third kappa shape index (κ3) is 3.43. The van der Waals surface area contributed by atoms with E-state index in [1.807, 2.05) is 66.7 Å². The minimum absolute atomic E-state index is 0.148. The molecular weight excluding hydrogens is 338 g/mol. The Morgan fingerprint density at radius 2 is 1.74 bits per heavy atom. The zero-order chi connectivity index (χ0) is 18.8. The summed E-state index contributed by atoms with van der Waals surface area (Å²) in [5.41, 5.74) is 2.98. The van der Waals surface area contributed by atoms with Crippen LogP contribution in [-0.4, -0.2) is 24.5 Å². The van der Waals surface area contributed by atoms with Gasteiger partial charge in [-0.25, -0.2) is 0 Å². The molecule has 136 valence electrons. The highest BCUT2D eigenvalue weighted by atomic mass is 16.5. The molecule has 4 heteroatoms. The number of amides is 1. The van der Waals surface area contributed by atoms with Crippen LogP contribution in [-0.2, 0) is 27.2 Å². The molecule has 0 radical (unpaired) electrons. The smallest absolute Gasteiger partial charge is 0.311 e. The maximum absolute atomic E-state index is 12.8. The van der Waals surface area contributed by atoms with E-state index in [1.54, 1.807) is 11.8 Å². The summed E-state index contributed by atoms with van der Waals surface area (Å²) in [5.74, 6) is -0.564. The molecule has 1 aliphatic rings. The van der Waals surface area contributed by atoms with Crippen LogP contribution in [0.15, 0.2) is 66.7 Å². The SMILES string of the molecule is C[C@H](OC(=O)Cc1cccc2ccccc12)C(=O)N1CCc2ccccc21. The van der Waals surface area contributed by atoms with Crippen LogP contribution >= 0.6 is 0 Å². The van der Waals surface area contributed by atoms with E-state index >= 15 is 0 Å². The Balaban J connectivity index is 1.44. The lowest BCUT2D eigenvalue weighted by Gasteiger charge is -2.21. The van der Waals surface area contributed by atoms with Crippen LogP contribution in [0.4, 0.5) is 5.69 Å². The number of rotatable bonds is 4. The number of fused-ring (bicyclic) bond motifs is 2. The number of esters is 1. The summed E-state index contributed by atoms with van der Waals surface area (Å²) in [6.45, 7) is 2.27.